The number of rotatable bonds is 4. The smallest absolute Gasteiger partial charge is 0.475 e. The van der Waals surface area contributed by atoms with Crippen molar-refractivity contribution in [2.75, 3.05) is 24.5 Å². The molecule has 0 aromatic carbocycles. The van der Waals surface area contributed by atoms with Gasteiger partial charge in [-0.05, 0) is 26.2 Å². The van der Waals surface area contributed by atoms with Crippen LogP contribution >= 0.6 is 0 Å². The lowest BCUT2D eigenvalue weighted by Crippen LogP contribution is -2.40. The van der Waals surface area contributed by atoms with Gasteiger partial charge in [-0.2, -0.15) is 18.2 Å². The van der Waals surface area contributed by atoms with Gasteiger partial charge in [0.2, 0.25) is 11.9 Å². The second-order valence-corrected chi connectivity index (χ2v) is 8.87. The molecule has 1 amide bonds. The molecular weight excluding hydrogens is 475 g/mol. The second kappa shape index (κ2) is 9.71. The van der Waals surface area contributed by atoms with Crippen molar-refractivity contribution in [2.45, 2.75) is 45.1 Å². The fourth-order valence-corrected chi connectivity index (χ4v) is 4.41. The number of hydrogen-bond acceptors (Lipinski definition) is 7. The number of fused-ring (bicyclic) bond motifs is 2. The van der Waals surface area contributed by atoms with Crippen molar-refractivity contribution in [3.05, 3.63) is 20.8 Å². The van der Waals surface area contributed by atoms with E-state index in [0.29, 0.717) is 17.5 Å². The van der Waals surface area contributed by atoms with Crippen molar-refractivity contribution in [3.8, 4) is 0 Å². The predicted molar refractivity (Wildman–Crippen MR) is 119 cm³/mol. The molecule has 2 aliphatic rings. The highest BCUT2D eigenvalue weighted by Gasteiger charge is 2.40. The number of carboxylic acid groups (broad SMARTS) is 1. The Kier molecular flexibility index (Phi) is 7.29. The first-order valence-electron chi connectivity index (χ1n) is 11.0. The minimum atomic E-state index is -5.08. The SMILES string of the molecule is CC(C)NC(=O)Cn1c(N2CCC3CNCC32)nc2c1c(=O)n(C)c(=O)n2C.O=C(O)C(F)(F)F. The van der Waals surface area contributed by atoms with Crippen molar-refractivity contribution < 1.29 is 27.9 Å². The van der Waals surface area contributed by atoms with Gasteiger partial charge < -0.3 is 20.6 Å². The predicted octanol–water partition coefficient (Wildman–Crippen LogP) is -0.610. The number of aryl methyl sites for hydroxylation is 1. The highest BCUT2D eigenvalue weighted by atomic mass is 19.4. The lowest BCUT2D eigenvalue weighted by Gasteiger charge is -2.25. The van der Waals surface area contributed by atoms with Crippen LogP contribution in [-0.4, -0.2) is 73.6 Å². The third kappa shape index (κ3) is 5.18. The van der Waals surface area contributed by atoms with Crippen molar-refractivity contribution in [1.82, 2.24) is 29.3 Å². The van der Waals surface area contributed by atoms with E-state index in [2.05, 4.69) is 20.5 Å². The van der Waals surface area contributed by atoms with Crippen molar-refractivity contribution in [1.29, 1.82) is 0 Å². The van der Waals surface area contributed by atoms with Crippen molar-refractivity contribution >= 4 is 29.0 Å². The molecule has 0 spiro atoms. The number of nitrogens with one attached hydrogen (secondary N) is 2. The molecule has 0 aliphatic carbocycles. The van der Waals surface area contributed by atoms with E-state index in [9.17, 15) is 27.6 Å². The summed E-state index contributed by atoms with van der Waals surface area (Å²) in [5, 5.41) is 13.4. The molecule has 2 fully saturated rings. The summed E-state index contributed by atoms with van der Waals surface area (Å²) >= 11 is 0. The first kappa shape index (κ1) is 26.2. The summed E-state index contributed by atoms with van der Waals surface area (Å²) in [7, 11) is 3.05. The Bertz CT molecular complexity index is 1250. The van der Waals surface area contributed by atoms with Crippen molar-refractivity contribution in [2.24, 2.45) is 20.0 Å². The molecule has 0 radical (unpaired) electrons. The van der Waals surface area contributed by atoms with E-state index in [1.54, 1.807) is 11.6 Å². The Labute approximate surface area is 197 Å². The molecule has 2 aliphatic heterocycles. The molecule has 2 unspecified atom stereocenters. The van der Waals surface area contributed by atoms with E-state index in [1.807, 2.05) is 13.8 Å². The van der Waals surface area contributed by atoms with Gasteiger partial charge in [-0.25, -0.2) is 9.59 Å². The molecule has 2 aromatic heterocycles. The Hall–Kier alpha value is -3.36. The number of anilines is 1. The Morgan fingerprint density at radius 2 is 1.83 bits per heavy atom. The summed E-state index contributed by atoms with van der Waals surface area (Å²) < 4.78 is 35.8. The van der Waals surface area contributed by atoms with Crippen LogP contribution in [0.2, 0.25) is 0 Å². The zero-order valence-electron chi connectivity index (χ0n) is 19.7. The number of aromatic nitrogens is 4. The zero-order valence-corrected chi connectivity index (χ0v) is 19.7. The molecule has 194 valence electrons. The maximum absolute atomic E-state index is 12.9. The lowest BCUT2D eigenvalue weighted by atomic mass is 10.1. The number of aliphatic carboxylic acids is 1. The maximum Gasteiger partial charge on any atom is 0.490 e. The molecule has 0 saturated carbocycles. The van der Waals surface area contributed by atoms with Gasteiger partial charge in [0.15, 0.2) is 11.2 Å². The highest BCUT2D eigenvalue weighted by molar-refractivity contribution is 5.81. The van der Waals surface area contributed by atoms with Crippen LogP contribution in [0, 0.1) is 5.92 Å². The van der Waals surface area contributed by atoms with Crippen LogP contribution in [0.25, 0.3) is 11.2 Å². The fraction of sp³-hybridized carbons (Fsp3) is 0.650. The third-order valence-electron chi connectivity index (χ3n) is 6.02. The quantitative estimate of drug-likeness (QED) is 0.502. The zero-order chi connectivity index (χ0) is 26.2. The van der Waals surface area contributed by atoms with E-state index in [1.165, 1.54) is 11.6 Å². The summed E-state index contributed by atoms with van der Waals surface area (Å²) in [6, 6.07) is 0.276. The number of hydrogen-bond donors (Lipinski definition) is 3. The van der Waals surface area contributed by atoms with Crippen LogP contribution in [0.4, 0.5) is 19.1 Å². The highest BCUT2D eigenvalue weighted by Crippen LogP contribution is 2.32. The lowest BCUT2D eigenvalue weighted by molar-refractivity contribution is -0.192. The van der Waals surface area contributed by atoms with Gasteiger partial charge in [0, 0.05) is 45.8 Å². The van der Waals surface area contributed by atoms with Gasteiger partial charge in [0.25, 0.3) is 5.56 Å². The van der Waals surface area contributed by atoms with Crippen LogP contribution in [0.1, 0.15) is 20.3 Å². The van der Waals surface area contributed by atoms with Crippen LogP contribution < -0.4 is 26.8 Å². The third-order valence-corrected chi connectivity index (χ3v) is 6.02. The molecule has 2 saturated heterocycles. The Morgan fingerprint density at radius 3 is 2.40 bits per heavy atom. The Balaban J connectivity index is 0.000000429. The van der Waals surface area contributed by atoms with E-state index < -0.39 is 23.4 Å². The largest absolute Gasteiger partial charge is 0.490 e. The molecule has 4 heterocycles. The number of alkyl halides is 3. The second-order valence-electron chi connectivity index (χ2n) is 8.87. The normalized spacial score (nSPS) is 19.6. The molecule has 12 nitrogen and oxygen atoms in total. The standard InChI is InChI=1S/C18H27N7O3.C2HF3O2/c1-10(2)20-13(26)9-25-14-15(22(3)18(28)23(4)16(14)27)21-17(25)24-6-5-11-7-19-8-12(11)24;3-2(4,5)1(6)7/h10-12,19H,5-9H2,1-4H3,(H,20,26);(H,6,7). The topological polar surface area (TPSA) is 143 Å². The van der Waals surface area contributed by atoms with Crippen LogP contribution in [-0.2, 0) is 30.2 Å². The molecule has 35 heavy (non-hydrogen) atoms. The first-order valence-corrected chi connectivity index (χ1v) is 11.0. The van der Waals surface area contributed by atoms with Crippen LogP contribution in [0.3, 0.4) is 0 Å². The van der Waals surface area contributed by atoms with E-state index in [0.717, 1.165) is 30.6 Å². The number of carboxylic acids is 1. The fourth-order valence-electron chi connectivity index (χ4n) is 4.41. The monoisotopic (exact) mass is 503 g/mol. The minimum Gasteiger partial charge on any atom is -0.475 e. The van der Waals surface area contributed by atoms with Gasteiger partial charge in [-0.15, -0.1) is 0 Å². The molecule has 4 rings (SSSR count). The number of carbonyl (C=O) groups excluding carboxylic acids is 1. The van der Waals surface area contributed by atoms with Gasteiger partial charge in [-0.1, -0.05) is 0 Å². The molecular formula is C20H28F3N7O5. The molecule has 3 N–H and O–H groups in total. The summed E-state index contributed by atoms with van der Waals surface area (Å²) in [5.41, 5.74) is -0.264. The molecule has 2 atom stereocenters. The molecule has 2 aromatic rings. The first-order chi connectivity index (χ1) is 16.2. The molecule has 0 bridgehead atoms. The van der Waals surface area contributed by atoms with Crippen molar-refractivity contribution in [3.63, 3.8) is 0 Å². The van der Waals surface area contributed by atoms with E-state index >= 15 is 0 Å². The summed E-state index contributed by atoms with van der Waals surface area (Å²) in [4.78, 5) is 53.6. The minimum absolute atomic E-state index is 0.00637. The maximum atomic E-state index is 12.9. The van der Waals surface area contributed by atoms with Gasteiger partial charge in [-0.3, -0.25) is 23.3 Å². The number of amides is 1. The number of halogens is 3. The number of carbonyl (C=O) groups is 2. The van der Waals surface area contributed by atoms with Gasteiger partial charge in [0.05, 0.1) is 0 Å². The summed E-state index contributed by atoms with van der Waals surface area (Å²) in [6.07, 6.45) is -4.05. The molecule has 15 heteroatoms. The van der Waals surface area contributed by atoms with E-state index in [4.69, 9.17) is 9.90 Å². The number of nitrogens with zero attached hydrogens (tertiary/aromatic N) is 5. The van der Waals surface area contributed by atoms with Gasteiger partial charge >= 0.3 is 17.8 Å². The van der Waals surface area contributed by atoms with E-state index in [-0.39, 0.29) is 30.1 Å². The summed E-state index contributed by atoms with van der Waals surface area (Å²) in [5.74, 6) is -1.83. The van der Waals surface area contributed by atoms with Crippen LogP contribution in [0.5, 0.6) is 0 Å². The number of imidazole rings is 1. The van der Waals surface area contributed by atoms with Gasteiger partial charge in [0.1, 0.15) is 6.54 Å². The van der Waals surface area contributed by atoms with Crippen LogP contribution in [0.15, 0.2) is 9.59 Å². The summed E-state index contributed by atoms with van der Waals surface area (Å²) in [6.45, 7) is 6.41. The average molecular weight is 503 g/mol. The average Bonchev–Trinajstić information content (AvgIpc) is 3.44. The Morgan fingerprint density at radius 1 is 1.20 bits per heavy atom.